The second-order valence-corrected chi connectivity index (χ2v) is 5.05. The van der Waals surface area contributed by atoms with Crippen molar-refractivity contribution >= 4 is 10.9 Å². The Balaban J connectivity index is 1.98. The molecule has 0 fully saturated rings. The Hall–Kier alpha value is -1.41. The van der Waals surface area contributed by atoms with E-state index in [2.05, 4.69) is 48.4 Å². The number of aromatic nitrogens is 1. The first kappa shape index (κ1) is 13.0. The molecular formula is C16H22N2. The number of benzene rings is 1. The summed E-state index contributed by atoms with van der Waals surface area (Å²) in [4.78, 5) is 4.51. The van der Waals surface area contributed by atoms with Crippen LogP contribution in [0.3, 0.4) is 0 Å². The van der Waals surface area contributed by atoms with Gasteiger partial charge in [0, 0.05) is 11.6 Å². The van der Waals surface area contributed by atoms with Crippen LogP contribution in [0, 0.1) is 5.92 Å². The molecule has 0 aliphatic rings. The molecule has 0 saturated carbocycles. The molecule has 0 radical (unpaired) electrons. The highest BCUT2D eigenvalue weighted by Gasteiger charge is 2.04. The van der Waals surface area contributed by atoms with Gasteiger partial charge in [0.2, 0.25) is 0 Å². The third-order valence-corrected chi connectivity index (χ3v) is 3.15. The molecule has 0 amide bonds. The maximum atomic E-state index is 4.51. The fraction of sp³-hybridized carbons (Fsp3) is 0.438. The second kappa shape index (κ2) is 6.50. The van der Waals surface area contributed by atoms with Crippen molar-refractivity contribution in [2.75, 3.05) is 13.1 Å². The Kier molecular flexibility index (Phi) is 4.71. The van der Waals surface area contributed by atoms with Crippen LogP contribution in [0.15, 0.2) is 36.5 Å². The zero-order chi connectivity index (χ0) is 12.8. The van der Waals surface area contributed by atoms with Gasteiger partial charge in [-0.3, -0.25) is 4.98 Å². The third-order valence-electron chi connectivity index (χ3n) is 3.15. The van der Waals surface area contributed by atoms with Crippen molar-refractivity contribution in [2.24, 2.45) is 5.92 Å². The lowest BCUT2D eigenvalue weighted by molar-refractivity contribution is 0.510. The van der Waals surface area contributed by atoms with Crippen LogP contribution in [-0.2, 0) is 6.42 Å². The van der Waals surface area contributed by atoms with E-state index in [1.54, 1.807) is 0 Å². The van der Waals surface area contributed by atoms with Crippen molar-refractivity contribution in [1.29, 1.82) is 0 Å². The number of hydrogen-bond acceptors (Lipinski definition) is 2. The summed E-state index contributed by atoms with van der Waals surface area (Å²) in [5.74, 6) is 0.652. The number of rotatable bonds is 6. The van der Waals surface area contributed by atoms with Gasteiger partial charge >= 0.3 is 0 Å². The average Bonchev–Trinajstić information content (AvgIpc) is 2.39. The topological polar surface area (TPSA) is 24.9 Å². The zero-order valence-corrected chi connectivity index (χ0v) is 11.3. The molecule has 1 N–H and O–H groups in total. The fourth-order valence-corrected chi connectivity index (χ4v) is 2.23. The van der Waals surface area contributed by atoms with Gasteiger partial charge in [0.15, 0.2) is 0 Å². The minimum atomic E-state index is 0.652. The van der Waals surface area contributed by atoms with Crippen LogP contribution in [0.5, 0.6) is 0 Å². The molecule has 0 aliphatic heterocycles. The molecule has 1 aromatic carbocycles. The number of para-hydroxylation sites is 1. The lowest BCUT2D eigenvalue weighted by Gasteiger charge is -2.12. The SMILES string of the molecule is CCCNCC(C)Cc1cnc2ccccc2c1. The molecule has 2 nitrogen and oxygen atoms in total. The largest absolute Gasteiger partial charge is 0.316 e. The van der Waals surface area contributed by atoms with E-state index >= 15 is 0 Å². The zero-order valence-electron chi connectivity index (χ0n) is 11.3. The van der Waals surface area contributed by atoms with Gasteiger partial charge in [-0.05, 0) is 49.5 Å². The van der Waals surface area contributed by atoms with E-state index in [9.17, 15) is 0 Å². The molecule has 0 saturated heterocycles. The predicted molar refractivity (Wildman–Crippen MR) is 77.8 cm³/mol. The van der Waals surface area contributed by atoms with Crippen molar-refractivity contribution in [3.05, 3.63) is 42.1 Å². The molecule has 1 aromatic heterocycles. The first-order valence-electron chi connectivity index (χ1n) is 6.84. The van der Waals surface area contributed by atoms with Gasteiger partial charge in [-0.15, -0.1) is 0 Å². The summed E-state index contributed by atoms with van der Waals surface area (Å²) in [6.07, 6.45) is 4.30. The van der Waals surface area contributed by atoms with E-state index in [1.807, 2.05) is 12.3 Å². The smallest absolute Gasteiger partial charge is 0.0702 e. The molecule has 0 spiro atoms. The third kappa shape index (κ3) is 3.54. The van der Waals surface area contributed by atoms with E-state index in [0.29, 0.717) is 5.92 Å². The van der Waals surface area contributed by atoms with E-state index in [0.717, 1.165) is 25.0 Å². The van der Waals surface area contributed by atoms with Crippen LogP contribution in [0.1, 0.15) is 25.8 Å². The van der Waals surface area contributed by atoms with Crippen molar-refractivity contribution in [3.8, 4) is 0 Å². The highest BCUT2D eigenvalue weighted by atomic mass is 14.8. The monoisotopic (exact) mass is 242 g/mol. The number of nitrogens with one attached hydrogen (secondary N) is 1. The predicted octanol–water partition coefficient (Wildman–Crippen LogP) is 3.41. The molecule has 2 heteroatoms. The average molecular weight is 242 g/mol. The minimum absolute atomic E-state index is 0.652. The van der Waals surface area contributed by atoms with E-state index in [-0.39, 0.29) is 0 Å². The van der Waals surface area contributed by atoms with Gasteiger partial charge in [-0.25, -0.2) is 0 Å². The lowest BCUT2D eigenvalue weighted by atomic mass is 10.0. The summed E-state index contributed by atoms with van der Waals surface area (Å²) >= 11 is 0. The summed E-state index contributed by atoms with van der Waals surface area (Å²) in [6.45, 7) is 6.68. The van der Waals surface area contributed by atoms with E-state index in [4.69, 9.17) is 0 Å². The molecule has 1 unspecified atom stereocenters. The standard InChI is InChI=1S/C16H22N2/c1-3-8-17-11-13(2)9-14-10-15-6-4-5-7-16(15)18-12-14/h4-7,10,12-13,17H,3,8-9,11H2,1-2H3. The number of nitrogens with zero attached hydrogens (tertiary/aromatic N) is 1. The second-order valence-electron chi connectivity index (χ2n) is 5.05. The fourth-order valence-electron chi connectivity index (χ4n) is 2.23. The molecule has 2 aromatic rings. The first-order chi connectivity index (χ1) is 8.79. The molecular weight excluding hydrogens is 220 g/mol. The van der Waals surface area contributed by atoms with Gasteiger partial charge in [0.1, 0.15) is 0 Å². The molecule has 0 aliphatic carbocycles. The van der Waals surface area contributed by atoms with E-state index < -0.39 is 0 Å². The molecule has 18 heavy (non-hydrogen) atoms. The lowest BCUT2D eigenvalue weighted by Crippen LogP contribution is -2.23. The first-order valence-corrected chi connectivity index (χ1v) is 6.84. The quantitative estimate of drug-likeness (QED) is 0.785. The molecule has 1 atom stereocenters. The highest BCUT2D eigenvalue weighted by molar-refractivity contribution is 5.78. The summed E-state index contributed by atoms with van der Waals surface area (Å²) < 4.78 is 0. The Labute approximate surface area is 109 Å². The Morgan fingerprint density at radius 1 is 1.28 bits per heavy atom. The number of fused-ring (bicyclic) bond motifs is 1. The summed E-state index contributed by atoms with van der Waals surface area (Å²) in [7, 11) is 0. The van der Waals surface area contributed by atoms with Crippen LogP contribution in [0.4, 0.5) is 0 Å². The number of hydrogen-bond donors (Lipinski definition) is 1. The number of pyridine rings is 1. The maximum absolute atomic E-state index is 4.51. The highest BCUT2D eigenvalue weighted by Crippen LogP contribution is 2.15. The molecule has 96 valence electrons. The van der Waals surface area contributed by atoms with Crippen LogP contribution in [-0.4, -0.2) is 18.1 Å². The minimum Gasteiger partial charge on any atom is -0.316 e. The van der Waals surface area contributed by atoms with Gasteiger partial charge in [-0.2, -0.15) is 0 Å². The van der Waals surface area contributed by atoms with Gasteiger partial charge in [-0.1, -0.05) is 32.0 Å². The van der Waals surface area contributed by atoms with E-state index in [1.165, 1.54) is 17.4 Å². The van der Waals surface area contributed by atoms with Crippen molar-refractivity contribution in [2.45, 2.75) is 26.7 Å². The van der Waals surface area contributed by atoms with Crippen LogP contribution >= 0.6 is 0 Å². The Morgan fingerprint density at radius 2 is 2.11 bits per heavy atom. The van der Waals surface area contributed by atoms with Crippen LogP contribution in [0.25, 0.3) is 10.9 Å². The summed E-state index contributed by atoms with van der Waals surface area (Å²) in [5.41, 5.74) is 2.41. The summed E-state index contributed by atoms with van der Waals surface area (Å²) in [6, 6.07) is 10.6. The van der Waals surface area contributed by atoms with Crippen molar-refractivity contribution in [3.63, 3.8) is 0 Å². The van der Waals surface area contributed by atoms with Gasteiger partial charge < -0.3 is 5.32 Å². The summed E-state index contributed by atoms with van der Waals surface area (Å²) in [5, 5.41) is 4.71. The molecule has 2 rings (SSSR count). The normalized spacial score (nSPS) is 12.8. The molecule has 0 bridgehead atoms. The van der Waals surface area contributed by atoms with Gasteiger partial charge in [0.05, 0.1) is 5.52 Å². The Bertz CT molecular complexity index is 493. The van der Waals surface area contributed by atoms with Gasteiger partial charge in [0.25, 0.3) is 0 Å². The van der Waals surface area contributed by atoms with Crippen LogP contribution in [0.2, 0.25) is 0 Å². The van der Waals surface area contributed by atoms with Crippen molar-refractivity contribution in [1.82, 2.24) is 10.3 Å². The maximum Gasteiger partial charge on any atom is 0.0702 e. The Morgan fingerprint density at radius 3 is 2.94 bits per heavy atom. The molecule has 1 heterocycles. The van der Waals surface area contributed by atoms with Crippen LogP contribution < -0.4 is 5.32 Å². The van der Waals surface area contributed by atoms with Crippen molar-refractivity contribution < 1.29 is 0 Å².